The first-order chi connectivity index (χ1) is 10.0. The fraction of sp³-hybridized carbons (Fsp3) is 0.684. The van der Waals surface area contributed by atoms with Crippen LogP contribution in [0, 0.1) is 0 Å². The van der Waals surface area contributed by atoms with Crippen molar-refractivity contribution in [2.24, 2.45) is 0 Å². The van der Waals surface area contributed by atoms with Crippen molar-refractivity contribution >= 4 is 0 Å². The lowest BCUT2D eigenvalue weighted by Gasteiger charge is -2.28. The SMILES string of the molecule is CCCCC(C)(C)c1cc(OC2CCCCC2)ccc1O. The summed E-state index contributed by atoms with van der Waals surface area (Å²) in [7, 11) is 0. The van der Waals surface area contributed by atoms with Gasteiger partial charge in [0, 0.05) is 5.56 Å². The Bertz CT molecular complexity index is 445. The fourth-order valence-electron chi connectivity index (χ4n) is 3.26. The summed E-state index contributed by atoms with van der Waals surface area (Å²) in [5, 5.41) is 10.2. The van der Waals surface area contributed by atoms with E-state index >= 15 is 0 Å². The van der Waals surface area contributed by atoms with Crippen LogP contribution < -0.4 is 4.74 Å². The number of ether oxygens (including phenoxy) is 1. The zero-order valence-corrected chi connectivity index (χ0v) is 13.8. The molecule has 0 radical (unpaired) electrons. The molecule has 1 aliphatic carbocycles. The number of phenols is 1. The quantitative estimate of drug-likeness (QED) is 0.742. The molecule has 0 aromatic heterocycles. The van der Waals surface area contributed by atoms with E-state index in [9.17, 15) is 5.11 Å². The van der Waals surface area contributed by atoms with Gasteiger partial charge in [0.2, 0.25) is 0 Å². The van der Waals surface area contributed by atoms with Crippen LogP contribution in [0.1, 0.15) is 77.7 Å². The van der Waals surface area contributed by atoms with Gasteiger partial charge in [-0.15, -0.1) is 0 Å². The first kappa shape index (κ1) is 16.2. The van der Waals surface area contributed by atoms with Crippen LogP contribution in [0.25, 0.3) is 0 Å². The van der Waals surface area contributed by atoms with Crippen molar-refractivity contribution < 1.29 is 9.84 Å². The van der Waals surface area contributed by atoms with Gasteiger partial charge in [-0.1, -0.05) is 40.0 Å². The third kappa shape index (κ3) is 4.39. The maximum absolute atomic E-state index is 10.2. The van der Waals surface area contributed by atoms with Crippen LogP contribution in [0.4, 0.5) is 0 Å². The van der Waals surface area contributed by atoms with E-state index in [1.807, 2.05) is 6.07 Å². The van der Waals surface area contributed by atoms with Gasteiger partial charge in [0.25, 0.3) is 0 Å². The molecule has 2 heteroatoms. The highest BCUT2D eigenvalue weighted by atomic mass is 16.5. The molecule has 21 heavy (non-hydrogen) atoms. The molecule has 2 rings (SSSR count). The van der Waals surface area contributed by atoms with Crippen LogP contribution in [-0.2, 0) is 5.41 Å². The fourth-order valence-corrected chi connectivity index (χ4v) is 3.26. The minimum absolute atomic E-state index is 0.00791. The second-order valence-electron chi connectivity index (χ2n) is 7.04. The van der Waals surface area contributed by atoms with E-state index < -0.39 is 0 Å². The summed E-state index contributed by atoms with van der Waals surface area (Å²) < 4.78 is 6.14. The molecule has 0 aliphatic heterocycles. The molecule has 2 nitrogen and oxygen atoms in total. The molecule has 0 heterocycles. The third-order valence-electron chi connectivity index (χ3n) is 4.71. The van der Waals surface area contributed by atoms with E-state index in [4.69, 9.17) is 4.74 Å². The summed E-state index contributed by atoms with van der Waals surface area (Å²) in [4.78, 5) is 0. The Kier molecular flexibility index (Phi) is 5.55. The summed E-state index contributed by atoms with van der Waals surface area (Å²) in [6.07, 6.45) is 10.0. The molecule has 1 fully saturated rings. The van der Waals surface area contributed by atoms with Gasteiger partial charge < -0.3 is 9.84 Å². The van der Waals surface area contributed by atoms with Crippen LogP contribution in [0.15, 0.2) is 18.2 Å². The van der Waals surface area contributed by atoms with Crippen LogP contribution in [-0.4, -0.2) is 11.2 Å². The van der Waals surface area contributed by atoms with Crippen molar-refractivity contribution in [2.45, 2.75) is 83.7 Å². The molecule has 1 aromatic carbocycles. The van der Waals surface area contributed by atoms with Crippen molar-refractivity contribution in [3.8, 4) is 11.5 Å². The molecule has 0 spiro atoms. The highest BCUT2D eigenvalue weighted by Gasteiger charge is 2.24. The van der Waals surface area contributed by atoms with Gasteiger partial charge in [0.15, 0.2) is 0 Å². The molecule has 1 aromatic rings. The first-order valence-electron chi connectivity index (χ1n) is 8.53. The van der Waals surface area contributed by atoms with E-state index in [1.165, 1.54) is 32.1 Å². The van der Waals surface area contributed by atoms with E-state index in [-0.39, 0.29) is 5.41 Å². The smallest absolute Gasteiger partial charge is 0.120 e. The van der Waals surface area contributed by atoms with Gasteiger partial charge in [-0.05, 0) is 55.7 Å². The van der Waals surface area contributed by atoms with Crippen LogP contribution in [0.5, 0.6) is 11.5 Å². The molecule has 1 N–H and O–H groups in total. The van der Waals surface area contributed by atoms with Crippen molar-refractivity contribution in [3.05, 3.63) is 23.8 Å². The molecule has 1 saturated carbocycles. The summed E-state index contributed by atoms with van der Waals surface area (Å²) in [6.45, 7) is 6.63. The number of hydrogen-bond acceptors (Lipinski definition) is 2. The molecule has 118 valence electrons. The predicted molar refractivity (Wildman–Crippen MR) is 88.2 cm³/mol. The number of unbranched alkanes of at least 4 members (excludes halogenated alkanes) is 1. The number of aromatic hydroxyl groups is 1. The second kappa shape index (κ2) is 7.20. The lowest BCUT2D eigenvalue weighted by Crippen LogP contribution is -2.21. The molecule has 0 unspecified atom stereocenters. The topological polar surface area (TPSA) is 29.5 Å². The molecule has 0 bridgehead atoms. The zero-order chi connectivity index (χ0) is 15.3. The average Bonchev–Trinajstić information content (AvgIpc) is 2.48. The molecular formula is C19H30O2. The Labute approximate surface area is 129 Å². The van der Waals surface area contributed by atoms with Gasteiger partial charge in [0.05, 0.1) is 6.10 Å². The summed E-state index contributed by atoms with van der Waals surface area (Å²) in [5.41, 5.74) is 1.01. The standard InChI is InChI=1S/C19H30O2/c1-4-5-13-19(2,3)17-14-16(11-12-18(17)20)21-15-9-7-6-8-10-15/h11-12,14-15,20H,4-10,13H2,1-3H3. The average molecular weight is 290 g/mol. The van der Waals surface area contributed by atoms with Gasteiger partial charge in [0.1, 0.15) is 11.5 Å². The van der Waals surface area contributed by atoms with Gasteiger partial charge >= 0.3 is 0 Å². The Balaban J connectivity index is 2.12. The Morgan fingerprint density at radius 3 is 2.57 bits per heavy atom. The molecule has 0 saturated heterocycles. The third-order valence-corrected chi connectivity index (χ3v) is 4.71. The predicted octanol–water partition coefficient (Wildman–Crippen LogP) is 5.57. The van der Waals surface area contributed by atoms with Gasteiger partial charge in [-0.2, -0.15) is 0 Å². The number of hydrogen-bond donors (Lipinski definition) is 1. The van der Waals surface area contributed by atoms with Crippen molar-refractivity contribution in [1.82, 2.24) is 0 Å². The minimum atomic E-state index is -0.00791. The van der Waals surface area contributed by atoms with Gasteiger partial charge in [-0.25, -0.2) is 0 Å². The van der Waals surface area contributed by atoms with E-state index in [0.29, 0.717) is 11.9 Å². The summed E-state index contributed by atoms with van der Waals surface area (Å²) in [6, 6.07) is 5.75. The van der Waals surface area contributed by atoms with E-state index in [1.54, 1.807) is 6.07 Å². The highest BCUT2D eigenvalue weighted by molar-refractivity contribution is 5.43. The zero-order valence-electron chi connectivity index (χ0n) is 13.8. The van der Waals surface area contributed by atoms with Crippen molar-refractivity contribution in [3.63, 3.8) is 0 Å². The van der Waals surface area contributed by atoms with Crippen molar-refractivity contribution in [1.29, 1.82) is 0 Å². The van der Waals surface area contributed by atoms with Crippen LogP contribution in [0.3, 0.4) is 0 Å². The number of benzene rings is 1. The largest absolute Gasteiger partial charge is 0.508 e. The van der Waals surface area contributed by atoms with E-state index in [2.05, 4.69) is 26.8 Å². The van der Waals surface area contributed by atoms with Crippen LogP contribution in [0.2, 0.25) is 0 Å². The highest BCUT2D eigenvalue weighted by Crippen LogP contribution is 2.37. The molecule has 1 aliphatic rings. The van der Waals surface area contributed by atoms with Crippen LogP contribution >= 0.6 is 0 Å². The molecular weight excluding hydrogens is 260 g/mol. The maximum Gasteiger partial charge on any atom is 0.120 e. The maximum atomic E-state index is 10.2. The lowest BCUT2D eigenvalue weighted by atomic mass is 9.79. The Hall–Kier alpha value is -1.18. The van der Waals surface area contributed by atoms with Gasteiger partial charge in [-0.3, -0.25) is 0 Å². The summed E-state index contributed by atoms with van der Waals surface area (Å²) in [5.74, 6) is 1.31. The molecule has 0 atom stereocenters. The molecule has 0 amide bonds. The van der Waals surface area contributed by atoms with Crippen molar-refractivity contribution in [2.75, 3.05) is 0 Å². The monoisotopic (exact) mass is 290 g/mol. The number of rotatable bonds is 6. The Morgan fingerprint density at radius 1 is 1.19 bits per heavy atom. The normalized spacial score (nSPS) is 16.9. The minimum Gasteiger partial charge on any atom is -0.508 e. The summed E-state index contributed by atoms with van der Waals surface area (Å²) >= 11 is 0. The number of phenolic OH excluding ortho intramolecular Hbond substituents is 1. The lowest BCUT2D eigenvalue weighted by molar-refractivity contribution is 0.154. The second-order valence-corrected chi connectivity index (χ2v) is 7.04. The first-order valence-corrected chi connectivity index (χ1v) is 8.53. The van der Waals surface area contributed by atoms with E-state index in [0.717, 1.165) is 30.6 Å². The Morgan fingerprint density at radius 2 is 1.90 bits per heavy atom.